The van der Waals surface area contributed by atoms with Crippen molar-refractivity contribution in [2.75, 3.05) is 13.2 Å². The van der Waals surface area contributed by atoms with Crippen LogP contribution in [0, 0.1) is 0 Å². The van der Waals surface area contributed by atoms with Crippen molar-refractivity contribution in [1.29, 1.82) is 0 Å². The molecule has 4 aromatic rings. The number of aliphatic hydroxyl groups is 1. The van der Waals surface area contributed by atoms with Crippen molar-refractivity contribution in [2.24, 2.45) is 5.16 Å². The third kappa shape index (κ3) is 5.88. The SMILES string of the molecule is O=C(O)C(=NOC(O)c1ccccc1)c1ccc(OCCOc2ccc3ccccc3c2)s1. The van der Waals surface area contributed by atoms with Crippen molar-refractivity contribution in [2.45, 2.75) is 6.29 Å². The maximum absolute atomic E-state index is 11.6. The quantitative estimate of drug-likeness (QED) is 0.151. The van der Waals surface area contributed by atoms with Gasteiger partial charge in [0.15, 0.2) is 5.06 Å². The highest BCUT2D eigenvalue weighted by Gasteiger charge is 2.18. The molecule has 8 heteroatoms. The Hall–Kier alpha value is -3.88. The second kappa shape index (κ2) is 10.6. The molecule has 7 nitrogen and oxygen atoms in total. The van der Waals surface area contributed by atoms with E-state index in [-0.39, 0.29) is 12.3 Å². The lowest BCUT2D eigenvalue weighted by atomic mass is 10.1. The van der Waals surface area contributed by atoms with Crippen LogP contribution >= 0.6 is 11.3 Å². The number of nitrogens with zero attached hydrogens (tertiary/aromatic N) is 1. The molecule has 0 fully saturated rings. The van der Waals surface area contributed by atoms with E-state index in [4.69, 9.17) is 14.3 Å². The van der Waals surface area contributed by atoms with Crippen molar-refractivity contribution in [1.82, 2.24) is 0 Å². The molecule has 0 saturated carbocycles. The predicted octanol–water partition coefficient (Wildman–Crippen LogP) is 4.86. The van der Waals surface area contributed by atoms with Crippen molar-refractivity contribution in [3.05, 3.63) is 95.4 Å². The summed E-state index contributed by atoms with van der Waals surface area (Å²) in [5.41, 5.74) is 0.143. The van der Waals surface area contributed by atoms with Crippen LogP contribution in [0.3, 0.4) is 0 Å². The molecule has 1 unspecified atom stereocenters. The van der Waals surface area contributed by atoms with Gasteiger partial charge < -0.3 is 24.5 Å². The number of carboxylic acid groups (broad SMARTS) is 1. The molecule has 1 atom stereocenters. The van der Waals surface area contributed by atoms with Crippen molar-refractivity contribution < 1.29 is 29.3 Å². The van der Waals surface area contributed by atoms with Gasteiger partial charge >= 0.3 is 5.97 Å². The van der Waals surface area contributed by atoms with Gasteiger partial charge in [-0.1, -0.05) is 77.2 Å². The molecule has 1 aromatic heterocycles. The van der Waals surface area contributed by atoms with Crippen LogP contribution in [0.15, 0.2) is 90.1 Å². The van der Waals surface area contributed by atoms with Crippen molar-refractivity contribution in [3.8, 4) is 10.8 Å². The Bertz CT molecular complexity index is 1250. The van der Waals surface area contributed by atoms with Crippen LogP contribution in [0.1, 0.15) is 16.7 Å². The van der Waals surface area contributed by atoms with E-state index in [1.54, 1.807) is 42.5 Å². The van der Waals surface area contributed by atoms with E-state index in [9.17, 15) is 15.0 Å². The van der Waals surface area contributed by atoms with Crippen molar-refractivity contribution >= 4 is 33.8 Å². The highest BCUT2D eigenvalue weighted by atomic mass is 32.1. The monoisotopic (exact) mass is 463 g/mol. The normalized spacial score (nSPS) is 12.3. The Labute approximate surface area is 194 Å². The molecule has 0 aliphatic carbocycles. The van der Waals surface area contributed by atoms with Gasteiger partial charge in [0.25, 0.3) is 6.29 Å². The van der Waals surface area contributed by atoms with Crippen LogP contribution in [-0.2, 0) is 9.63 Å². The molecular formula is C25H21NO6S. The van der Waals surface area contributed by atoms with Crippen LogP contribution in [-0.4, -0.2) is 35.1 Å². The molecule has 1 heterocycles. The van der Waals surface area contributed by atoms with Crippen LogP contribution < -0.4 is 9.47 Å². The largest absolute Gasteiger partial charge is 0.490 e. The maximum atomic E-state index is 11.6. The molecule has 2 N–H and O–H groups in total. The van der Waals surface area contributed by atoms with Gasteiger partial charge in [0.1, 0.15) is 19.0 Å². The molecule has 33 heavy (non-hydrogen) atoms. The Morgan fingerprint density at radius 2 is 1.61 bits per heavy atom. The van der Waals surface area contributed by atoms with E-state index in [0.29, 0.717) is 22.1 Å². The summed E-state index contributed by atoms with van der Waals surface area (Å²) in [5, 5.41) is 25.9. The summed E-state index contributed by atoms with van der Waals surface area (Å²) < 4.78 is 11.4. The summed E-state index contributed by atoms with van der Waals surface area (Å²) in [4.78, 5) is 17.0. The molecule has 0 aliphatic rings. The number of hydrogen-bond donors (Lipinski definition) is 2. The summed E-state index contributed by atoms with van der Waals surface area (Å²) in [6.07, 6.45) is -1.37. The Morgan fingerprint density at radius 3 is 2.39 bits per heavy atom. The fourth-order valence-electron chi connectivity index (χ4n) is 3.05. The lowest BCUT2D eigenvalue weighted by Crippen LogP contribution is -2.14. The fraction of sp³-hybridized carbons (Fsp3) is 0.120. The Kier molecular flexibility index (Phi) is 7.19. The first kappa shape index (κ1) is 22.3. The number of hydrogen-bond acceptors (Lipinski definition) is 7. The highest BCUT2D eigenvalue weighted by Crippen LogP contribution is 2.26. The first-order chi connectivity index (χ1) is 16.1. The molecule has 0 amide bonds. The number of carbonyl (C=O) groups is 1. The van der Waals surface area contributed by atoms with Crippen LogP contribution in [0.5, 0.6) is 10.8 Å². The first-order valence-electron chi connectivity index (χ1n) is 10.1. The van der Waals surface area contributed by atoms with E-state index < -0.39 is 12.3 Å². The van der Waals surface area contributed by atoms with E-state index in [2.05, 4.69) is 5.16 Å². The summed E-state index contributed by atoms with van der Waals surface area (Å²) in [6.45, 7) is 0.618. The van der Waals surface area contributed by atoms with Crippen LogP contribution in [0.25, 0.3) is 10.8 Å². The van der Waals surface area contributed by atoms with Gasteiger partial charge in [0.05, 0.1) is 4.88 Å². The predicted molar refractivity (Wildman–Crippen MR) is 126 cm³/mol. The van der Waals surface area contributed by atoms with E-state index in [0.717, 1.165) is 27.9 Å². The number of rotatable bonds is 10. The average molecular weight is 464 g/mol. The number of aliphatic hydroxyl groups excluding tert-OH is 1. The fourth-order valence-corrected chi connectivity index (χ4v) is 3.91. The molecule has 0 radical (unpaired) electrons. The van der Waals surface area contributed by atoms with Crippen molar-refractivity contribution in [3.63, 3.8) is 0 Å². The summed E-state index contributed by atoms with van der Waals surface area (Å²) in [5.74, 6) is -0.526. The third-order valence-electron chi connectivity index (χ3n) is 4.66. The Balaban J connectivity index is 1.32. The number of ether oxygens (including phenoxy) is 2. The molecule has 4 rings (SSSR count). The van der Waals surface area contributed by atoms with Gasteiger partial charge in [0, 0.05) is 5.56 Å². The third-order valence-corrected chi connectivity index (χ3v) is 5.67. The molecule has 0 bridgehead atoms. The summed E-state index contributed by atoms with van der Waals surface area (Å²) in [6, 6.07) is 25.7. The Morgan fingerprint density at radius 1 is 0.879 bits per heavy atom. The molecule has 0 spiro atoms. The lowest BCUT2D eigenvalue weighted by molar-refractivity contribution is -0.130. The topological polar surface area (TPSA) is 97.6 Å². The number of carboxylic acids is 1. The average Bonchev–Trinajstić information content (AvgIpc) is 3.30. The zero-order valence-electron chi connectivity index (χ0n) is 17.5. The van der Waals surface area contributed by atoms with Crippen LogP contribution in [0.4, 0.5) is 0 Å². The molecule has 168 valence electrons. The lowest BCUT2D eigenvalue weighted by Gasteiger charge is -2.09. The first-order valence-corrected chi connectivity index (χ1v) is 11.0. The molecule has 0 aliphatic heterocycles. The summed E-state index contributed by atoms with van der Waals surface area (Å²) in [7, 11) is 0. The minimum absolute atomic E-state index is 0.287. The zero-order chi connectivity index (χ0) is 23.0. The van der Waals surface area contributed by atoms with Crippen LogP contribution in [0.2, 0.25) is 0 Å². The number of thiophene rings is 1. The second-order valence-electron chi connectivity index (χ2n) is 6.94. The molecular weight excluding hydrogens is 442 g/mol. The second-order valence-corrected chi connectivity index (χ2v) is 7.98. The van der Waals surface area contributed by atoms with Gasteiger partial charge in [-0.3, -0.25) is 0 Å². The van der Waals surface area contributed by atoms with Gasteiger partial charge in [-0.25, -0.2) is 4.79 Å². The van der Waals surface area contributed by atoms with Gasteiger partial charge in [-0.05, 0) is 35.0 Å². The van der Waals surface area contributed by atoms with Gasteiger partial charge in [-0.15, -0.1) is 0 Å². The van der Waals surface area contributed by atoms with E-state index >= 15 is 0 Å². The number of benzene rings is 3. The number of aliphatic carboxylic acids is 1. The smallest absolute Gasteiger partial charge is 0.359 e. The minimum atomic E-state index is -1.37. The zero-order valence-corrected chi connectivity index (χ0v) is 18.3. The number of fused-ring (bicyclic) bond motifs is 1. The van der Waals surface area contributed by atoms with E-state index in [1.807, 2.05) is 42.5 Å². The van der Waals surface area contributed by atoms with E-state index in [1.165, 1.54) is 0 Å². The molecule has 0 saturated heterocycles. The minimum Gasteiger partial charge on any atom is -0.490 e. The maximum Gasteiger partial charge on any atom is 0.359 e. The molecule has 3 aromatic carbocycles. The van der Waals surface area contributed by atoms with Gasteiger partial charge in [-0.2, -0.15) is 0 Å². The standard InChI is InChI=1S/C25H21NO6S/c27-24(28)23(26-32-25(29)18-7-2-1-3-8-18)21-12-13-22(33-21)31-15-14-30-20-11-10-17-6-4-5-9-19(17)16-20/h1-13,16,25,29H,14-15H2,(H,27,28). The van der Waals surface area contributed by atoms with Gasteiger partial charge in [0.2, 0.25) is 5.71 Å². The summed E-state index contributed by atoms with van der Waals surface area (Å²) >= 11 is 1.11. The highest BCUT2D eigenvalue weighted by molar-refractivity contribution is 7.16. The number of oxime groups is 1.